The van der Waals surface area contributed by atoms with Crippen molar-refractivity contribution < 1.29 is 17.9 Å². The summed E-state index contributed by atoms with van der Waals surface area (Å²) >= 11 is 0. The molecule has 9 nitrogen and oxygen atoms in total. The molecule has 0 bridgehead atoms. The Hall–Kier alpha value is -1.49. The van der Waals surface area contributed by atoms with Crippen molar-refractivity contribution in [3.05, 3.63) is 27.0 Å². The van der Waals surface area contributed by atoms with Crippen LogP contribution in [0.4, 0.5) is 0 Å². The zero-order valence-corrected chi connectivity index (χ0v) is 13.8. The topological polar surface area (TPSA) is 109 Å². The maximum Gasteiger partial charge on any atom is 0.330 e. The molecule has 1 aromatic heterocycles. The summed E-state index contributed by atoms with van der Waals surface area (Å²) in [5, 5.41) is 0. The normalized spacial score (nSPS) is 12.0. The van der Waals surface area contributed by atoms with Crippen molar-refractivity contribution in [3.8, 4) is 0 Å². The lowest BCUT2D eigenvalue weighted by atomic mass is 10.6. The van der Waals surface area contributed by atoms with E-state index in [0.717, 1.165) is 15.3 Å². The lowest BCUT2D eigenvalue weighted by Crippen LogP contribution is -2.43. The Balaban J connectivity index is 3.06. The molecule has 0 unspecified atom stereocenters. The fraction of sp³-hybridized carbons (Fsp3) is 0.667. The average molecular weight is 335 g/mol. The molecule has 0 saturated carbocycles. The summed E-state index contributed by atoms with van der Waals surface area (Å²) in [7, 11) is -1.51. The quantitative estimate of drug-likeness (QED) is 0.595. The predicted molar refractivity (Wildman–Crippen MR) is 79.2 cm³/mol. The van der Waals surface area contributed by atoms with Crippen LogP contribution in [0.1, 0.15) is 13.8 Å². The lowest BCUT2D eigenvalue weighted by molar-refractivity contribution is -0.130. The van der Waals surface area contributed by atoms with Crippen LogP contribution in [-0.4, -0.2) is 43.6 Å². The lowest BCUT2D eigenvalue weighted by Gasteiger charge is -2.17. The second kappa shape index (κ2) is 7.68. The van der Waals surface area contributed by atoms with Crippen LogP contribution in [0.2, 0.25) is 0 Å². The summed E-state index contributed by atoms with van der Waals surface area (Å²) in [5.41, 5.74) is -1.49. The highest BCUT2D eigenvalue weighted by molar-refractivity contribution is 7.89. The smallest absolute Gasteiger partial charge is 0.330 e. The molecule has 0 radical (unpaired) electrons. The van der Waals surface area contributed by atoms with Crippen LogP contribution in [0.3, 0.4) is 0 Å². The minimum absolute atomic E-state index is 0.143. The van der Waals surface area contributed by atoms with Crippen LogP contribution in [0, 0.1) is 0 Å². The Morgan fingerprint density at radius 2 is 1.73 bits per heavy atom. The molecule has 0 fully saturated rings. The molecule has 1 rings (SSSR count). The second-order valence-electron chi connectivity index (χ2n) is 4.44. The van der Waals surface area contributed by atoms with Crippen LogP contribution < -0.4 is 16.0 Å². The molecule has 126 valence electrons. The Labute approximate surface area is 128 Å². The third-order valence-corrected chi connectivity index (χ3v) is 4.26. The van der Waals surface area contributed by atoms with Crippen molar-refractivity contribution in [2.24, 2.45) is 14.1 Å². The third kappa shape index (κ3) is 4.26. The molecule has 1 heterocycles. The first-order valence-electron chi connectivity index (χ1n) is 6.74. The number of aryl methyl sites for hydroxylation is 1. The van der Waals surface area contributed by atoms with E-state index in [1.807, 2.05) is 0 Å². The van der Waals surface area contributed by atoms with Gasteiger partial charge in [0.05, 0.1) is 6.54 Å². The van der Waals surface area contributed by atoms with E-state index < -0.39 is 32.5 Å². The van der Waals surface area contributed by atoms with Gasteiger partial charge >= 0.3 is 5.69 Å². The van der Waals surface area contributed by atoms with Crippen molar-refractivity contribution in [1.82, 2.24) is 13.9 Å². The molecule has 1 aromatic rings. The van der Waals surface area contributed by atoms with Gasteiger partial charge in [-0.2, -0.15) is 0 Å². The maximum atomic E-state index is 12.2. The highest BCUT2D eigenvalue weighted by Crippen LogP contribution is 2.02. The first kappa shape index (κ1) is 18.6. The zero-order chi connectivity index (χ0) is 16.9. The molecule has 10 heteroatoms. The van der Waals surface area contributed by atoms with Crippen LogP contribution in [0.5, 0.6) is 0 Å². The number of nitrogens with one attached hydrogen (secondary N) is 1. The highest BCUT2D eigenvalue weighted by atomic mass is 32.2. The van der Waals surface area contributed by atoms with Gasteiger partial charge in [0, 0.05) is 33.5 Å². The van der Waals surface area contributed by atoms with E-state index in [1.165, 1.54) is 14.1 Å². The zero-order valence-electron chi connectivity index (χ0n) is 13.0. The number of hydrogen-bond donors (Lipinski definition) is 1. The van der Waals surface area contributed by atoms with E-state index in [2.05, 4.69) is 4.72 Å². The first-order chi connectivity index (χ1) is 10.2. The summed E-state index contributed by atoms with van der Waals surface area (Å²) in [6.45, 7) is 4.07. The summed E-state index contributed by atoms with van der Waals surface area (Å²) in [5.74, 6) is 0. The average Bonchev–Trinajstić information content (AvgIpc) is 2.46. The largest absolute Gasteiger partial charge is 0.352 e. The van der Waals surface area contributed by atoms with Gasteiger partial charge in [-0.25, -0.2) is 17.9 Å². The number of sulfonamides is 1. The number of rotatable bonds is 8. The fourth-order valence-electron chi connectivity index (χ4n) is 1.75. The molecular formula is C12H21N3O6S. The van der Waals surface area contributed by atoms with Gasteiger partial charge in [-0.15, -0.1) is 0 Å². The maximum absolute atomic E-state index is 12.2. The van der Waals surface area contributed by atoms with Gasteiger partial charge in [0.1, 0.15) is 0 Å². The van der Waals surface area contributed by atoms with E-state index in [4.69, 9.17) is 9.47 Å². The predicted octanol–water partition coefficient (Wildman–Crippen LogP) is -1.24. The van der Waals surface area contributed by atoms with Crippen LogP contribution >= 0.6 is 0 Å². The van der Waals surface area contributed by atoms with Crippen LogP contribution in [0.25, 0.3) is 0 Å². The fourth-order valence-corrected chi connectivity index (χ4v) is 2.93. The van der Waals surface area contributed by atoms with Crippen LogP contribution in [-0.2, 0) is 33.6 Å². The molecule has 0 amide bonds. The molecule has 0 aromatic carbocycles. The number of ether oxygens (including phenoxy) is 2. The minimum atomic E-state index is -4.09. The Morgan fingerprint density at radius 1 is 1.18 bits per heavy atom. The van der Waals surface area contributed by atoms with E-state index in [0.29, 0.717) is 13.2 Å². The summed E-state index contributed by atoms with van der Waals surface area (Å²) in [6.07, 6.45) is 0.241. The van der Waals surface area contributed by atoms with E-state index in [1.54, 1.807) is 13.8 Å². The number of nitrogens with zero attached hydrogens (tertiary/aromatic N) is 2. The molecule has 0 aliphatic heterocycles. The third-order valence-electron chi connectivity index (χ3n) is 2.85. The number of aromatic nitrogens is 2. The van der Waals surface area contributed by atoms with Crippen molar-refractivity contribution >= 4 is 10.0 Å². The summed E-state index contributed by atoms with van der Waals surface area (Å²) in [4.78, 5) is 23.0. The highest BCUT2D eigenvalue weighted by Gasteiger charge is 2.22. The molecule has 0 spiro atoms. The molecule has 22 heavy (non-hydrogen) atoms. The second-order valence-corrected chi connectivity index (χ2v) is 6.18. The molecule has 0 atom stereocenters. The number of hydrogen-bond acceptors (Lipinski definition) is 6. The SMILES string of the molecule is CCOC(CNS(=O)(=O)c1cn(C)c(=O)n(C)c1=O)OCC. The van der Waals surface area contributed by atoms with Crippen LogP contribution in [0.15, 0.2) is 20.7 Å². The first-order valence-corrected chi connectivity index (χ1v) is 8.22. The summed E-state index contributed by atoms with van der Waals surface area (Å²) < 4.78 is 38.9. The van der Waals surface area contributed by atoms with Crippen molar-refractivity contribution in [3.63, 3.8) is 0 Å². The van der Waals surface area contributed by atoms with E-state index >= 15 is 0 Å². The Morgan fingerprint density at radius 3 is 2.23 bits per heavy atom. The summed E-state index contributed by atoms with van der Waals surface area (Å²) in [6, 6.07) is 0. The van der Waals surface area contributed by atoms with E-state index in [-0.39, 0.29) is 6.54 Å². The van der Waals surface area contributed by atoms with E-state index in [9.17, 15) is 18.0 Å². The molecule has 0 aliphatic rings. The van der Waals surface area contributed by atoms with Gasteiger partial charge in [-0.1, -0.05) is 0 Å². The monoisotopic (exact) mass is 335 g/mol. The van der Waals surface area contributed by atoms with Crippen molar-refractivity contribution in [1.29, 1.82) is 0 Å². The Bertz CT molecular complexity index is 715. The van der Waals surface area contributed by atoms with Gasteiger partial charge in [0.25, 0.3) is 5.56 Å². The van der Waals surface area contributed by atoms with Gasteiger partial charge in [0.2, 0.25) is 10.0 Å². The standard InChI is InChI=1S/C12H21N3O6S/c1-5-20-10(21-6-2)7-13-22(18,19)9-8-14(3)12(17)15(4)11(9)16/h8,10,13H,5-7H2,1-4H3. The molecule has 0 saturated heterocycles. The van der Waals surface area contributed by atoms with Gasteiger partial charge in [-0.05, 0) is 13.8 Å². The molecular weight excluding hydrogens is 314 g/mol. The van der Waals surface area contributed by atoms with Crippen molar-refractivity contribution in [2.75, 3.05) is 19.8 Å². The Kier molecular flexibility index (Phi) is 6.48. The minimum Gasteiger partial charge on any atom is -0.352 e. The van der Waals surface area contributed by atoms with Crippen molar-refractivity contribution in [2.45, 2.75) is 25.0 Å². The van der Waals surface area contributed by atoms with Gasteiger partial charge in [0.15, 0.2) is 11.2 Å². The molecule has 0 aliphatic carbocycles. The van der Waals surface area contributed by atoms with Gasteiger partial charge < -0.3 is 14.0 Å². The molecule has 1 N–H and O–H groups in total. The van der Waals surface area contributed by atoms with Gasteiger partial charge in [-0.3, -0.25) is 9.36 Å².